The number of aromatic hydroxyl groups is 2. The maximum absolute atomic E-state index is 11.6. The fourth-order valence-electron chi connectivity index (χ4n) is 4.22. The number of thiazole rings is 2. The summed E-state index contributed by atoms with van der Waals surface area (Å²) in [7, 11) is 1.97. The van der Waals surface area contributed by atoms with E-state index in [4.69, 9.17) is 15.2 Å². The van der Waals surface area contributed by atoms with E-state index in [1.807, 2.05) is 33.9 Å². The second-order valence-electron chi connectivity index (χ2n) is 13.0. The van der Waals surface area contributed by atoms with E-state index in [-0.39, 0.29) is 27.8 Å². The third-order valence-electron chi connectivity index (χ3n) is 6.35. The Labute approximate surface area is 297 Å². The molecule has 2 aromatic carbocycles. The molecule has 15 nitrogen and oxygen atoms in total. The molecule has 50 heavy (non-hydrogen) atoms. The quantitative estimate of drug-likeness (QED) is 0.116. The van der Waals surface area contributed by atoms with Crippen molar-refractivity contribution in [1.82, 2.24) is 25.5 Å². The standard InChI is InChI=1S/C17H25N3O4S.C9H10N2O2S.C7H13NO3/c1-17(2,3)24-15(22)18-8-10-20(4)9-7-11-5-6-12(21)13-14(11)25-16(23)19-13;10-4-3-5-1-2-6(12)7-8(5)14-9(13)11-7;1-7(2,3)11-6(10)8-4-5-9/h5-6,21H,7-10H2,1-4H3,(H,18,22)(H,19,23);1-2,12H,3-4,10H2,(H,11,13);5H,4H2,1-3H3,(H,8,10). The first kappa shape index (κ1) is 41.7. The summed E-state index contributed by atoms with van der Waals surface area (Å²) in [5.41, 5.74) is 7.48. The minimum Gasteiger partial charge on any atom is -0.506 e. The van der Waals surface area contributed by atoms with Crippen LogP contribution in [0.5, 0.6) is 11.5 Å². The molecule has 276 valence electrons. The van der Waals surface area contributed by atoms with Gasteiger partial charge in [0.05, 0.1) is 15.9 Å². The number of H-pyrrole nitrogens is 2. The lowest BCUT2D eigenvalue weighted by Gasteiger charge is -2.21. The van der Waals surface area contributed by atoms with E-state index in [9.17, 15) is 34.2 Å². The summed E-state index contributed by atoms with van der Waals surface area (Å²) in [5.74, 6) is 0.200. The average molecular weight is 737 g/mol. The monoisotopic (exact) mass is 736 g/mol. The number of ether oxygens (including phenoxy) is 2. The number of hydrogen-bond donors (Lipinski definition) is 7. The van der Waals surface area contributed by atoms with Crippen molar-refractivity contribution in [3.05, 3.63) is 54.7 Å². The number of carbonyl (C=O) groups is 3. The van der Waals surface area contributed by atoms with Gasteiger partial charge in [0, 0.05) is 19.6 Å². The third kappa shape index (κ3) is 14.6. The summed E-state index contributed by atoms with van der Waals surface area (Å²) in [5, 5.41) is 24.3. The molecule has 2 aromatic heterocycles. The molecule has 4 aromatic rings. The van der Waals surface area contributed by atoms with Crippen molar-refractivity contribution in [3.63, 3.8) is 0 Å². The SMILES string of the molecule is CC(C)(C)OC(=O)NCC=O.CN(CCNC(=O)OC(C)(C)C)CCc1ccc(O)c2[nH]c(=O)sc12.NCCc1ccc(O)c2[nH]c(=O)sc12. The van der Waals surface area contributed by atoms with Crippen LogP contribution in [0.25, 0.3) is 20.4 Å². The first-order valence-electron chi connectivity index (χ1n) is 15.8. The van der Waals surface area contributed by atoms with Crippen LogP contribution in [-0.4, -0.2) is 94.5 Å². The maximum Gasteiger partial charge on any atom is 0.408 e. The highest BCUT2D eigenvalue weighted by Crippen LogP contribution is 2.29. The molecule has 0 spiro atoms. The topological polar surface area (TPSA) is 229 Å². The molecule has 0 saturated carbocycles. The lowest BCUT2D eigenvalue weighted by Crippen LogP contribution is -2.37. The first-order valence-corrected chi connectivity index (χ1v) is 17.4. The van der Waals surface area contributed by atoms with Gasteiger partial charge in [-0.05, 0) is 91.2 Å². The molecule has 17 heteroatoms. The largest absolute Gasteiger partial charge is 0.506 e. The minimum atomic E-state index is -0.565. The normalized spacial score (nSPS) is 11.3. The van der Waals surface area contributed by atoms with Gasteiger partial charge in [0.2, 0.25) is 0 Å². The number of aromatic amines is 2. The van der Waals surface area contributed by atoms with Crippen LogP contribution in [0, 0.1) is 0 Å². The lowest BCUT2D eigenvalue weighted by molar-refractivity contribution is -0.107. The number of carbonyl (C=O) groups excluding carboxylic acids is 3. The summed E-state index contributed by atoms with van der Waals surface area (Å²) in [6, 6.07) is 6.82. The van der Waals surface area contributed by atoms with Crippen LogP contribution in [0.1, 0.15) is 52.7 Å². The lowest BCUT2D eigenvalue weighted by atomic mass is 10.1. The molecular weight excluding hydrogens is 689 g/mol. The fraction of sp³-hybridized carbons (Fsp3) is 0.485. The Morgan fingerprint density at radius 3 is 1.72 bits per heavy atom. The Morgan fingerprint density at radius 1 is 0.820 bits per heavy atom. The van der Waals surface area contributed by atoms with Gasteiger partial charge in [-0.3, -0.25) is 9.59 Å². The molecule has 0 radical (unpaired) electrons. The number of benzene rings is 2. The molecule has 0 aliphatic heterocycles. The van der Waals surface area contributed by atoms with Crippen LogP contribution >= 0.6 is 22.7 Å². The number of likely N-dealkylation sites (N-methyl/N-ethyl adjacent to an activating group) is 1. The molecule has 4 rings (SSSR count). The van der Waals surface area contributed by atoms with Crippen LogP contribution in [0.3, 0.4) is 0 Å². The van der Waals surface area contributed by atoms with Crippen LogP contribution < -0.4 is 26.1 Å². The number of nitrogens with one attached hydrogen (secondary N) is 4. The Morgan fingerprint density at radius 2 is 1.28 bits per heavy atom. The van der Waals surface area contributed by atoms with E-state index >= 15 is 0 Å². The highest BCUT2D eigenvalue weighted by molar-refractivity contribution is 7.17. The zero-order valence-electron chi connectivity index (χ0n) is 29.4. The van der Waals surface area contributed by atoms with Crippen LogP contribution in [0.4, 0.5) is 9.59 Å². The zero-order chi connectivity index (χ0) is 37.6. The van der Waals surface area contributed by atoms with Crippen molar-refractivity contribution in [3.8, 4) is 11.5 Å². The molecule has 0 fully saturated rings. The summed E-state index contributed by atoms with van der Waals surface area (Å²) < 4.78 is 11.6. The van der Waals surface area contributed by atoms with Crippen molar-refractivity contribution in [2.45, 2.75) is 65.6 Å². The fourth-order valence-corrected chi connectivity index (χ4v) is 6.02. The summed E-state index contributed by atoms with van der Waals surface area (Å²) in [4.78, 5) is 61.8. The Bertz CT molecular complexity index is 1830. The second-order valence-corrected chi connectivity index (χ2v) is 15.0. The number of alkyl carbamates (subject to hydrolysis) is 2. The van der Waals surface area contributed by atoms with Gasteiger partial charge in [0.1, 0.15) is 40.0 Å². The van der Waals surface area contributed by atoms with Crippen molar-refractivity contribution in [2.24, 2.45) is 5.73 Å². The Balaban J connectivity index is 0.000000291. The van der Waals surface area contributed by atoms with Gasteiger partial charge in [-0.1, -0.05) is 34.8 Å². The van der Waals surface area contributed by atoms with Gasteiger partial charge in [0.15, 0.2) is 0 Å². The number of rotatable bonds is 10. The summed E-state index contributed by atoms with van der Waals surface area (Å²) in [6.45, 7) is 13.2. The molecule has 0 aliphatic rings. The van der Waals surface area contributed by atoms with E-state index in [0.717, 1.165) is 56.2 Å². The van der Waals surface area contributed by atoms with E-state index in [1.165, 1.54) is 0 Å². The third-order valence-corrected chi connectivity index (χ3v) is 8.26. The highest BCUT2D eigenvalue weighted by atomic mass is 32.1. The molecule has 0 bridgehead atoms. The zero-order valence-corrected chi connectivity index (χ0v) is 31.1. The van der Waals surface area contributed by atoms with Crippen LogP contribution in [-0.2, 0) is 27.1 Å². The van der Waals surface area contributed by atoms with Gasteiger partial charge in [-0.2, -0.15) is 0 Å². The van der Waals surface area contributed by atoms with Crippen molar-refractivity contribution < 1.29 is 34.1 Å². The smallest absolute Gasteiger partial charge is 0.408 e. The van der Waals surface area contributed by atoms with Crippen molar-refractivity contribution >= 4 is 61.6 Å². The second kappa shape index (κ2) is 19.1. The highest BCUT2D eigenvalue weighted by Gasteiger charge is 2.17. The van der Waals surface area contributed by atoms with Gasteiger partial charge >= 0.3 is 21.9 Å². The predicted octanol–water partition coefficient (Wildman–Crippen LogP) is 3.80. The summed E-state index contributed by atoms with van der Waals surface area (Å²) in [6.07, 6.45) is 1.07. The molecule has 0 atom stereocenters. The number of fused-ring (bicyclic) bond motifs is 2. The van der Waals surface area contributed by atoms with Crippen molar-refractivity contribution in [2.75, 3.05) is 39.8 Å². The van der Waals surface area contributed by atoms with E-state index in [1.54, 1.807) is 39.0 Å². The Kier molecular flexibility index (Phi) is 15.9. The molecular formula is C33H48N6O9S2. The number of amides is 2. The van der Waals surface area contributed by atoms with Gasteiger partial charge < -0.3 is 55.7 Å². The van der Waals surface area contributed by atoms with Gasteiger partial charge in [-0.25, -0.2) is 9.59 Å². The number of hydrogen-bond acceptors (Lipinski definition) is 13. The predicted molar refractivity (Wildman–Crippen MR) is 197 cm³/mol. The number of phenolic OH excluding ortho intramolecular Hbond substituents is 2. The Hall–Kier alpha value is -4.45. The van der Waals surface area contributed by atoms with E-state index in [2.05, 4.69) is 25.5 Å². The number of phenols is 2. The van der Waals surface area contributed by atoms with E-state index < -0.39 is 23.4 Å². The number of nitrogens with zero attached hydrogens (tertiary/aromatic N) is 1. The number of aldehydes is 1. The van der Waals surface area contributed by atoms with Crippen molar-refractivity contribution in [1.29, 1.82) is 0 Å². The molecule has 8 N–H and O–H groups in total. The average Bonchev–Trinajstić information content (AvgIpc) is 3.60. The van der Waals surface area contributed by atoms with E-state index in [0.29, 0.717) is 43.4 Å². The molecule has 2 amide bonds. The minimum absolute atomic E-state index is 0.00505. The number of aromatic nitrogens is 2. The number of nitrogens with two attached hydrogens (primary N) is 1. The summed E-state index contributed by atoms with van der Waals surface area (Å²) >= 11 is 2.21. The molecule has 0 aliphatic carbocycles. The van der Waals surface area contributed by atoms with Gasteiger partial charge in [0.25, 0.3) is 0 Å². The van der Waals surface area contributed by atoms with Crippen LogP contribution in [0.2, 0.25) is 0 Å². The van der Waals surface area contributed by atoms with Gasteiger partial charge in [-0.15, -0.1) is 0 Å². The molecule has 2 heterocycles. The maximum atomic E-state index is 11.6. The first-order chi connectivity index (χ1) is 23.3. The molecule has 0 unspecified atom stereocenters. The van der Waals surface area contributed by atoms with Crippen LogP contribution in [0.15, 0.2) is 33.9 Å². The molecule has 0 saturated heterocycles.